The van der Waals surface area contributed by atoms with Gasteiger partial charge in [-0.2, -0.15) is 0 Å². The largest absolute Gasteiger partial charge is 1.00 e. The molecule has 6 nitrogen and oxygen atoms in total. The number of carbonyl (C=O) groups excluding carboxylic acids is 2. The molecule has 2 amide bonds. The second kappa shape index (κ2) is 10.6. The Hall–Kier alpha value is -1.31. The van der Waals surface area contributed by atoms with E-state index in [9.17, 15) is 9.59 Å². The molecule has 0 bridgehead atoms. The van der Waals surface area contributed by atoms with E-state index in [0.29, 0.717) is 32.7 Å². The topological polar surface area (TPSA) is 61.9 Å². The first kappa shape index (κ1) is 21.7. The van der Waals surface area contributed by atoms with Gasteiger partial charge in [-0.25, -0.2) is 4.79 Å². The fourth-order valence-electron chi connectivity index (χ4n) is 2.52. The van der Waals surface area contributed by atoms with E-state index >= 15 is 0 Å². The number of ether oxygens (including phenoxy) is 1. The SMILES string of the molecule is CCOC(=O)N1CCN(CCC(=O)Nc2ccc(C)c(Br)c2)CC1.[Cl-]. The highest BCUT2D eigenvalue weighted by atomic mass is 79.9. The molecular formula is C17H24BrClN3O3-. The number of rotatable bonds is 5. The maximum absolute atomic E-state index is 12.1. The molecule has 0 spiro atoms. The van der Waals surface area contributed by atoms with Crippen LogP contribution in [0.5, 0.6) is 0 Å². The summed E-state index contributed by atoms with van der Waals surface area (Å²) in [5.41, 5.74) is 1.93. The van der Waals surface area contributed by atoms with Crippen LogP contribution in [0.4, 0.5) is 10.5 Å². The summed E-state index contributed by atoms with van der Waals surface area (Å²) in [4.78, 5) is 27.6. The van der Waals surface area contributed by atoms with Crippen LogP contribution in [-0.2, 0) is 9.53 Å². The molecule has 1 saturated heterocycles. The molecule has 140 valence electrons. The lowest BCUT2D eigenvalue weighted by Crippen LogP contribution is -3.00. The molecule has 8 heteroatoms. The third kappa shape index (κ3) is 6.84. The Morgan fingerprint density at radius 2 is 1.92 bits per heavy atom. The molecular weight excluding hydrogens is 410 g/mol. The fourth-order valence-corrected chi connectivity index (χ4v) is 2.90. The minimum Gasteiger partial charge on any atom is -1.00 e. The number of halogens is 2. The number of benzene rings is 1. The van der Waals surface area contributed by atoms with Crippen molar-refractivity contribution >= 4 is 33.6 Å². The lowest BCUT2D eigenvalue weighted by molar-refractivity contribution is -0.116. The highest BCUT2D eigenvalue weighted by molar-refractivity contribution is 9.10. The van der Waals surface area contributed by atoms with Gasteiger partial charge in [-0.15, -0.1) is 0 Å². The summed E-state index contributed by atoms with van der Waals surface area (Å²) in [6.07, 6.45) is 0.185. The third-order valence-corrected chi connectivity index (χ3v) is 4.86. The van der Waals surface area contributed by atoms with E-state index in [0.717, 1.165) is 28.8 Å². The maximum Gasteiger partial charge on any atom is 0.409 e. The van der Waals surface area contributed by atoms with E-state index in [1.807, 2.05) is 25.1 Å². The van der Waals surface area contributed by atoms with Crippen molar-refractivity contribution < 1.29 is 26.7 Å². The summed E-state index contributed by atoms with van der Waals surface area (Å²) >= 11 is 3.46. The van der Waals surface area contributed by atoms with Crippen molar-refractivity contribution in [1.82, 2.24) is 9.80 Å². The first-order valence-corrected chi connectivity index (χ1v) is 8.99. The predicted molar refractivity (Wildman–Crippen MR) is 97.2 cm³/mol. The normalized spacial score (nSPS) is 14.6. The molecule has 0 saturated carbocycles. The van der Waals surface area contributed by atoms with E-state index in [1.54, 1.807) is 11.8 Å². The van der Waals surface area contributed by atoms with Crippen LogP contribution in [0.2, 0.25) is 0 Å². The molecule has 0 aromatic heterocycles. The minimum absolute atomic E-state index is 0. The molecule has 1 aliphatic rings. The predicted octanol–water partition coefficient (Wildman–Crippen LogP) is -0.136. The lowest BCUT2D eigenvalue weighted by Gasteiger charge is -2.33. The lowest BCUT2D eigenvalue weighted by atomic mass is 10.2. The number of hydrogen-bond donors (Lipinski definition) is 1. The third-order valence-electron chi connectivity index (χ3n) is 4.01. The van der Waals surface area contributed by atoms with E-state index < -0.39 is 0 Å². The van der Waals surface area contributed by atoms with Gasteiger partial charge in [0.15, 0.2) is 0 Å². The molecule has 0 radical (unpaired) electrons. The Balaban J connectivity index is 0.00000312. The Morgan fingerprint density at radius 1 is 1.24 bits per heavy atom. The highest BCUT2D eigenvalue weighted by Crippen LogP contribution is 2.20. The Kier molecular flexibility index (Phi) is 9.24. The van der Waals surface area contributed by atoms with E-state index in [1.165, 1.54) is 0 Å². The maximum atomic E-state index is 12.1. The van der Waals surface area contributed by atoms with Gasteiger partial charge in [-0.05, 0) is 31.5 Å². The van der Waals surface area contributed by atoms with Crippen molar-refractivity contribution in [3.05, 3.63) is 28.2 Å². The number of nitrogens with zero attached hydrogens (tertiary/aromatic N) is 2. The van der Waals surface area contributed by atoms with Gasteiger partial charge < -0.3 is 27.4 Å². The van der Waals surface area contributed by atoms with Gasteiger partial charge >= 0.3 is 6.09 Å². The van der Waals surface area contributed by atoms with Crippen molar-refractivity contribution in [2.45, 2.75) is 20.3 Å². The standard InChI is InChI=1S/C17H24BrN3O3.ClH/c1-3-24-17(23)21-10-8-20(9-11-21)7-6-16(22)19-14-5-4-13(2)15(18)12-14;/h4-5,12H,3,6-11H2,1-2H3,(H,19,22);1H/p-1. The van der Waals surface area contributed by atoms with Gasteiger partial charge in [0, 0.05) is 49.3 Å². The van der Waals surface area contributed by atoms with Crippen molar-refractivity contribution in [1.29, 1.82) is 0 Å². The fraction of sp³-hybridized carbons (Fsp3) is 0.529. The summed E-state index contributed by atoms with van der Waals surface area (Å²) < 4.78 is 5.98. The molecule has 25 heavy (non-hydrogen) atoms. The number of piperazine rings is 1. The molecule has 1 aliphatic heterocycles. The van der Waals surface area contributed by atoms with Gasteiger partial charge in [-0.1, -0.05) is 22.0 Å². The molecule has 1 heterocycles. The molecule has 1 N–H and O–H groups in total. The molecule has 0 aliphatic carbocycles. The molecule has 1 aromatic carbocycles. The summed E-state index contributed by atoms with van der Waals surface area (Å²) in [6.45, 7) is 7.72. The number of anilines is 1. The van der Waals surface area contributed by atoms with E-state index in [2.05, 4.69) is 26.1 Å². The quantitative estimate of drug-likeness (QED) is 0.702. The minimum atomic E-state index is -0.250. The van der Waals surface area contributed by atoms with Gasteiger partial charge in [0.05, 0.1) is 6.61 Å². The van der Waals surface area contributed by atoms with E-state index in [-0.39, 0.29) is 24.4 Å². The molecule has 0 unspecified atom stereocenters. The van der Waals surface area contributed by atoms with Gasteiger partial charge in [0.2, 0.25) is 5.91 Å². The number of amides is 2. The second-order valence-corrected chi connectivity index (χ2v) is 6.64. The van der Waals surface area contributed by atoms with Gasteiger partial charge in [-0.3, -0.25) is 9.69 Å². The summed E-state index contributed by atoms with van der Waals surface area (Å²) in [5, 5.41) is 2.91. The highest BCUT2D eigenvalue weighted by Gasteiger charge is 2.22. The summed E-state index contributed by atoms with van der Waals surface area (Å²) in [5.74, 6) is -0.00132. The number of carbonyl (C=O) groups is 2. The smallest absolute Gasteiger partial charge is 0.409 e. The van der Waals surface area contributed by atoms with Crippen molar-refractivity contribution in [3.63, 3.8) is 0 Å². The summed E-state index contributed by atoms with van der Waals surface area (Å²) in [7, 11) is 0. The number of aryl methyl sites for hydroxylation is 1. The number of nitrogens with one attached hydrogen (secondary N) is 1. The first-order chi connectivity index (χ1) is 11.5. The van der Waals surface area contributed by atoms with Crippen molar-refractivity contribution in [3.8, 4) is 0 Å². The summed E-state index contributed by atoms with van der Waals surface area (Å²) in [6, 6.07) is 5.77. The first-order valence-electron chi connectivity index (χ1n) is 8.19. The van der Waals surface area contributed by atoms with Crippen LogP contribution in [0.25, 0.3) is 0 Å². The Labute approximate surface area is 163 Å². The Bertz CT molecular complexity index is 593. The van der Waals surface area contributed by atoms with Crippen molar-refractivity contribution in [2.75, 3.05) is 44.6 Å². The zero-order chi connectivity index (χ0) is 17.5. The average Bonchev–Trinajstić information content (AvgIpc) is 2.57. The average molecular weight is 434 g/mol. The van der Waals surface area contributed by atoms with Crippen LogP contribution < -0.4 is 17.7 Å². The number of hydrogen-bond acceptors (Lipinski definition) is 4. The van der Waals surface area contributed by atoms with Gasteiger partial charge in [0.1, 0.15) is 0 Å². The van der Waals surface area contributed by atoms with Gasteiger partial charge in [0.25, 0.3) is 0 Å². The monoisotopic (exact) mass is 432 g/mol. The second-order valence-electron chi connectivity index (χ2n) is 5.79. The zero-order valence-corrected chi connectivity index (χ0v) is 16.9. The Morgan fingerprint density at radius 3 is 2.52 bits per heavy atom. The van der Waals surface area contributed by atoms with Crippen LogP contribution in [0.1, 0.15) is 18.9 Å². The zero-order valence-electron chi connectivity index (χ0n) is 14.6. The van der Waals surface area contributed by atoms with Crippen molar-refractivity contribution in [2.24, 2.45) is 0 Å². The van der Waals surface area contributed by atoms with Crippen LogP contribution >= 0.6 is 15.9 Å². The van der Waals surface area contributed by atoms with E-state index in [4.69, 9.17) is 4.74 Å². The molecule has 2 rings (SSSR count). The molecule has 1 fully saturated rings. The van der Waals surface area contributed by atoms with Crippen LogP contribution in [-0.4, -0.2) is 61.1 Å². The molecule has 1 aromatic rings. The van der Waals surface area contributed by atoms with Crippen LogP contribution in [0.3, 0.4) is 0 Å². The van der Waals surface area contributed by atoms with Crippen LogP contribution in [0, 0.1) is 6.92 Å². The van der Waals surface area contributed by atoms with Crippen LogP contribution in [0.15, 0.2) is 22.7 Å². The molecule has 0 atom stereocenters.